The zero-order valence-electron chi connectivity index (χ0n) is 25.9. The summed E-state index contributed by atoms with van der Waals surface area (Å²) in [5.74, 6) is 0.197. The lowest BCUT2D eigenvalue weighted by Crippen LogP contribution is -2.73. The molecule has 3 atom stereocenters. The van der Waals surface area contributed by atoms with Crippen molar-refractivity contribution in [3.05, 3.63) is 70.8 Å². The monoisotopic (exact) mass is 688 g/mol. The van der Waals surface area contributed by atoms with E-state index in [9.17, 15) is 40.7 Å². The molecule has 0 radical (unpaired) electrons. The average Bonchev–Trinajstić information content (AvgIpc) is 3.01. The number of fused-ring (bicyclic) bond motifs is 1. The van der Waals surface area contributed by atoms with E-state index in [-0.39, 0.29) is 37.3 Å². The Morgan fingerprint density at radius 2 is 1.62 bits per heavy atom. The van der Waals surface area contributed by atoms with Crippen molar-refractivity contribution in [1.29, 1.82) is 0 Å². The van der Waals surface area contributed by atoms with Crippen LogP contribution in [0.3, 0.4) is 0 Å². The maximum atomic E-state index is 13.9. The van der Waals surface area contributed by atoms with E-state index in [1.807, 2.05) is 18.4 Å². The van der Waals surface area contributed by atoms with Crippen molar-refractivity contribution >= 4 is 29.7 Å². The molecule has 15 heteroatoms. The summed E-state index contributed by atoms with van der Waals surface area (Å²) < 4.78 is 86.3. The van der Waals surface area contributed by atoms with Gasteiger partial charge in [0.2, 0.25) is 11.8 Å². The highest BCUT2D eigenvalue weighted by atomic mass is 32.2. The summed E-state index contributed by atoms with van der Waals surface area (Å²) >= 11 is 1.61. The molecule has 0 aliphatic carbocycles. The lowest BCUT2D eigenvalue weighted by molar-refractivity contribution is -0.172. The highest BCUT2D eigenvalue weighted by Gasteiger charge is 2.52. The molecule has 2 unspecified atom stereocenters. The van der Waals surface area contributed by atoms with Gasteiger partial charge >= 0.3 is 18.4 Å². The van der Waals surface area contributed by atoms with Crippen LogP contribution in [-0.4, -0.2) is 82.5 Å². The van der Waals surface area contributed by atoms with Crippen LogP contribution in [0.2, 0.25) is 0 Å². The third-order valence-electron chi connectivity index (χ3n) is 8.29. The molecule has 2 saturated heterocycles. The van der Waals surface area contributed by atoms with Gasteiger partial charge in [0.15, 0.2) is 0 Å². The fourth-order valence-corrected chi connectivity index (χ4v) is 6.54. The Labute approximate surface area is 273 Å². The summed E-state index contributed by atoms with van der Waals surface area (Å²) in [4.78, 5) is 45.7. The van der Waals surface area contributed by atoms with Gasteiger partial charge in [-0.3, -0.25) is 14.5 Å². The van der Waals surface area contributed by atoms with E-state index >= 15 is 0 Å². The highest BCUT2D eigenvalue weighted by molar-refractivity contribution is 7.98. The van der Waals surface area contributed by atoms with Crippen LogP contribution in [0.5, 0.6) is 0 Å². The minimum atomic E-state index is -5.07. The lowest BCUT2D eigenvalue weighted by Gasteiger charge is -2.54. The van der Waals surface area contributed by atoms with Crippen molar-refractivity contribution in [3.8, 4) is 0 Å². The van der Waals surface area contributed by atoms with E-state index in [0.29, 0.717) is 50.9 Å². The van der Waals surface area contributed by atoms with Gasteiger partial charge in [-0.25, -0.2) is 4.79 Å². The Morgan fingerprint density at radius 1 is 0.957 bits per heavy atom. The number of benzene rings is 2. The lowest BCUT2D eigenvalue weighted by atomic mass is 9.93. The van der Waals surface area contributed by atoms with Crippen LogP contribution in [0.1, 0.15) is 54.4 Å². The summed E-state index contributed by atoms with van der Waals surface area (Å²) in [5, 5.41) is 0. The van der Waals surface area contributed by atoms with Crippen LogP contribution >= 0.6 is 11.8 Å². The number of hydrogen-bond donors (Lipinski definition) is 1. The molecule has 2 aromatic carbocycles. The average molecular weight is 689 g/mol. The minimum Gasteiger partial charge on any atom is -0.444 e. The molecule has 2 N–H and O–H groups in total. The molecule has 3 amide bonds. The maximum absolute atomic E-state index is 13.9. The van der Waals surface area contributed by atoms with E-state index in [0.717, 1.165) is 11.3 Å². The number of halogens is 6. The molecule has 0 aromatic heterocycles. The molecule has 0 spiro atoms. The second-order valence-corrected chi connectivity index (χ2v) is 12.6. The number of nitrogens with zero attached hydrogens (tertiary/aromatic N) is 3. The molecule has 0 bridgehead atoms. The van der Waals surface area contributed by atoms with Crippen molar-refractivity contribution in [2.45, 2.75) is 75.7 Å². The van der Waals surface area contributed by atoms with E-state index in [4.69, 9.17) is 10.5 Å². The van der Waals surface area contributed by atoms with Crippen LogP contribution < -0.4 is 5.73 Å². The number of piperazine rings is 1. The van der Waals surface area contributed by atoms with Gasteiger partial charge in [-0.15, -0.1) is 0 Å². The normalized spacial score (nSPS) is 20.4. The van der Waals surface area contributed by atoms with Crippen LogP contribution in [0.25, 0.3) is 0 Å². The number of nitrogens with two attached hydrogens (primary N) is 1. The second-order valence-electron chi connectivity index (χ2n) is 11.6. The van der Waals surface area contributed by atoms with Gasteiger partial charge < -0.3 is 20.3 Å². The summed E-state index contributed by atoms with van der Waals surface area (Å²) in [5.41, 5.74) is 2.92. The number of alkyl halides is 6. The molecule has 2 aliphatic heterocycles. The number of hydrogen-bond acceptors (Lipinski definition) is 6. The topological polar surface area (TPSA) is 96.2 Å². The minimum absolute atomic E-state index is 0.00478. The van der Waals surface area contributed by atoms with E-state index in [1.54, 1.807) is 34.9 Å². The SMILES string of the molecule is CSCCCN1CC2N(C(=O)OCc3cc(C(F)(F)F)cc(C(F)(F)F)c3)C(Cc3ccccc3)CC(=O)N2[C@@H](CCCCN)C1=O. The van der Waals surface area contributed by atoms with Crippen molar-refractivity contribution in [1.82, 2.24) is 14.7 Å². The maximum Gasteiger partial charge on any atom is 0.416 e. The molecule has 2 aromatic rings. The Balaban J connectivity index is 1.69. The van der Waals surface area contributed by atoms with Gasteiger partial charge in [0, 0.05) is 19.0 Å². The van der Waals surface area contributed by atoms with Crippen molar-refractivity contribution in [2.75, 3.05) is 31.6 Å². The second kappa shape index (κ2) is 15.6. The summed E-state index contributed by atoms with van der Waals surface area (Å²) in [6.07, 6.45) is -7.96. The number of ether oxygens (including phenoxy) is 1. The van der Waals surface area contributed by atoms with E-state index < -0.39 is 60.0 Å². The first-order valence-corrected chi connectivity index (χ1v) is 16.7. The molecule has 2 heterocycles. The van der Waals surface area contributed by atoms with E-state index in [2.05, 4.69) is 0 Å². The predicted octanol–water partition coefficient (Wildman–Crippen LogP) is 5.93. The molecule has 0 saturated carbocycles. The molecule has 4 rings (SSSR count). The number of rotatable bonds is 12. The molecule has 258 valence electrons. The Bertz CT molecular complexity index is 1360. The fraction of sp³-hybridized carbons (Fsp3) is 0.531. The van der Waals surface area contributed by atoms with Crippen molar-refractivity contribution < 1.29 is 45.5 Å². The van der Waals surface area contributed by atoms with Crippen LogP contribution in [-0.2, 0) is 39.7 Å². The van der Waals surface area contributed by atoms with Gasteiger partial charge in [-0.1, -0.05) is 30.3 Å². The van der Waals surface area contributed by atoms with Gasteiger partial charge in [0.25, 0.3) is 0 Å². The van der Waals surface area contributed by atoms with Gasteiger partial charge in [0.05, 0.1) is 17.7 Å². The zero-order valence-corrected chi connectivity index (χ0v) is 26.7. The van der Waals surface area contributed by atoms with Crippen LogP contribution in [0.4, 0.5) is 31.1 Å². The van der Waals surface area contributed by atoms with Crippen LogP contribution in [0, 0.1) is 0 Å². The Hall–Kier alpha value is -3.46. The summed E-state index contributed by atoms with van der Waals surface area (Å²) in [6, 6.07) is 8.43. The Morgan fingerprint density at radius 3 is 2.21 bits per heavy atom. The fourth-order valence-electron chi connectivity index (χ4n) is 6.12. The first-order valence-electron chi connectivity index (χ1n) is 15.3. The first kappa shape index (κ1) is 36.4. The molecule has 8 nitrogen and oxygen atoms in total. The number of carbonyl (C=O) groups excluding carboxylic acids is 3. The molecular formula is C32H38F6N4O4S. The molecule has 2 fully saturated rings. The standard InChI is InChI=1S/C32H38F6N4O4S/c1-47-13-7-12-40-19-27-41(30(45)46-20-22-14-23(31(33,34)35)17-24(15-22)32(36,37)38)25(16-21-8-3-2-4-9-21)18-28(43)42(27)26(29(40)44)10-5-6-11-39/h2-4,8-9,14-15,17,25-27H,5-7,10-13,16,18-20,39H2,1H3/t25?,26-,27?/m0/s1. The smallest absolute Gasteiger partial charge is 0.416 e. The molecular weight excluding hydrogens is 650 g/mol. The summed E-state index contributed by atoms with van der Waals surface area (Å²) in [6.45, 7) is -0.132. The van der Waals surface area contributed by atoms with E-state index in [1.165, 1.54) is 9.80 Å². The van der Waals surface area contributed by atoms with Gasteiger partial charge in [-0.05, 0) is 80.0 Å². The Kier molecular flexibility index (Phi) is 12.1. The van der Waals surface area contributed by atoms with Gasteiger partial charge in [-0.2, -0.15) is 38.1 Å². The van der Waals surface area contributed by atoms with Gasteiger partial charge in [0.1, 0.15) is 18.8 Å². The number of unbranched alkanes of at least 4 members (excludes halogenated alkanes) is 1. The zero-order chi connectivity index (χ0) is 34.4. The largest absolute Gasteiger partial charge is 0.444 e. The third-order valence-corrected chi connectivity index (χ3v) is 8.99. The van der Waals surface area contributed by atoms with Crippen molar-refractivity contribution in [3.63, 3.8) is 0 Å². The highest BCUT2D eigenvalue weighted by Crippen LogP contribution is 2.37. The number of thioether (sulfide) groups is 1. The predicted molar refractivity (Wildman–Crippen MR) is 164 cm³/mol. The number of carbonyl (C=O) groups is 3. The quantitative estimate of drug-likeness (QED) is 0.220. The first-order chi connectivity index (χ1) is 22.2. The van der Waals surface area contributed by atoms with Crippen molar-refractivity contribution in [2.24, 2.45) is 5.73 Å². The summed E-state index contributed by atoms with van der Waals surface area (Å²) in [7, 11) is 0. The molecule has 47 heavy (non-hydrogen) atoms. The third kappa shape index (κ3) is 9.12. The number of amides is 3. The van der Waals surface area contributed by atoms with Crippen LogP contribution in [0.15, 0.2) is 48.5 Å². The molecule has 2 aliphatic rings.